The summed E-state index contributed by atoms with van der Waals surface area (Å²) >= 11 is 0. The molecule has 2 amide bonds. The minimum absolute atomic E-state index is 0.0373. The number of para-hydroxylation sites is 2. The molecule has 2 aromatic rings. The second-order valence-corrected chi connectivity index (χ2v) is 7.25. The molecule has 152 valence electrons. The van der Waals surface area contributed by atoms with Gasteiger partial charge in [-0.1, -0.05) is 36.4 Å². The van der Waals surface area contributed by atoms with Gasteiger partial charge in [-0.15, -0.1) is 0 Å². The van der Waals surface area contributed by atoms with Gasteiger partial charge < -0.3 is 10.6 Å². The van der Waals surface area contributed by atoms with Crippen molar-refractivity contribution in [3.8, 4) is 6.07 Å². The average molecular weight is 393 g/mol. The molecule has 0 aliphatic heterocycles. The zero-order valence-electron chi connectivity index (χ0n) is 17.5. The van der Waals surface area contributed by atoms with E-state index in [9.17, 15) is 9.59 Å². The molecule has 0 unspecified atom stereocenters. The van der Waals surface area contributed by atoms with Gasteiger partial charge in [0.15, 0.2) is 0 Å². The molecular weight excluding hydrogens is 364 g/mol. The lowest BCUT2D eigenvalue weighted by molar-refractivity contribution is -0.120. The van der Waals surface area contributed by atoms with Crippen LogP contribution >= 0.6 is 0 Å². The highest BCUT2D eigenvalue weighted by molar-refractivity contribution is 5.96. The van der Waals surface area contributed by atoms with E-state index in [1.165, 1.54) is 0 Å². The van der Waals surface area contributed by atoms with Crippen LogP contribution in [-0.2, 0) is 9.59 Å². The van der Waals surface area contributed by atoms with Gasteiger partial charge in [-0.2, -0.15) is 5.26 Å². The SMILES string of the molecule is Cc1cccc(C)c1NC(=O)CN(CCC#N)CC(=O)Nc1c(C)cccc1C. The van der Waals surface area contributed by atoms with E-state index in [4.69, 9.17) is 5.26 Å². The minimum atomic E-state index is -0.208. The summed E-state index contributed by atoms with van der Waals surface area (Å²) in [6.45, 7) is 8.17. The monoisotopic (exact) mass is 392 g/mol. The molecule has 0 aliphatic rings. The lowest BCUT2D eigenvalue weighted by Crippen LogP contribution is -2.39. The van der Waals surface area contributed by atoms with Gasteiger partial charge in [-0.05, 0) is 49.9 Å². The molecule has 0 saturated heterocycles. The standard InChI is InChI=1S/C23H28N4O2/c1-16-8-5-9-17(2)22(16)25-20(28)14-27(13-7-12-24)15-21(29)26-23-18(3)10-6-11-19(23)4/h5-6,8-11H,7,13-15H2,1-4H3,(H,25,28)(H,26,29). The molecule has 0 radical (unpaired) electrons. The number of rotatable bonds is 8. The number of nitriles is 1. The lowest BCUT2D eigenvalue weighted by Gasteiger charge is -2.21. The molecule has 6 nitrogen and oxygen atoms in total. The van der Waals surface area contributed by atoms with Crippen LogP contribution in [-0.4, -0.2) is 36.3 Å². The topological polar surface area (TPSA) is 85.2 Å². The first kappa shape index (κ1) is 22.1. The first-order valence-electron chi connectivity index (χ1n) is 9.63. The zero-order valence-corrected chi connectivity index (χ0v) is 17.5. The van der Waals surface area contributed by atoms with Crippen molar-refractivity contribution in [2.45, 2.75) is 34.1 Å². The third-order valence-corrected chi connectivity index (χ3v) is 4.77. The van der Waals surface area contributed by atoms with Crippen LogP contribution in [0.4, 0.5) is 11.4 Å². The van der Waals surface area contributed by atoms with Crippen LogP contribution in [0.5, 0.6) is 0 Å². The average Bonchev–Trinajstić information content (AvgIpc) is 2.66. The molecule has 0 fully saturated rings. The molecule has 29 heavy (non-hydrogen) atoms. The van der Waals surface area contributed by atoms with Crippen LogP contribution in [0.1, 0.15) is 28.7 Å². The highest BCUT2D eigenvalue weighted by Gasteiger charge is 2.17. The Kier molecular flexibility index (Phi) is 7.93. The first-order valence-corrected chi connectivity index (χ1v) is 9.63. The fourth-order valence-corrected chi connectivity index (χ4v) is 3.21. The fourth-order valence-electron chi connectivity index (χ4n) is 3.21. The summed E-state index contributed by atoms with van der Waals surface area (Å²) in [4.78, 5) is 26.8. The number of aryl methyl sites for hydroxylation is 4. The Labute approximate surface area is 172 Å². The van der Waals surface area contributed by atoms with Crippen LogP contribution in [0.25, 0.3) is 0 Å². The van der Waals surface area contributed by atoms with Gasteiger partial charge >= 0.3 is 0 Å². The fraction of sp³-hybridized carbons (Fsp3) is 0.348. The second kappa shape index (κ2) is 10.4. The van der Waals surface area contributed by atoms with Crippen LogP contribution in [0, 0.1) is 39.0 Å². The third-order valence-electron chi connectivity index (χ3n) is 4.77. The number of anilines is 2. The maximum absolute atomic E-state index is 12.6. The molecule has 0 heterocycles. The summed E-state index contributed by atoms with van der Waals surface area (Å²) in [5.74, 6) is -0.416. The van der Waals surface area contributed by atoms with Gasteiger partial charge in [0.25, 0.3) is 0 Å². The molecule has 0 bridgehead atoms. The normalized spacial score (nSPS) is 10.5. The summed E-state index contributed by atoms with van der Waals surface area (Å²) in [5, 5.41) is 14.8. The van der Waals surface area contributed by atoms with E-state index < -0.39 is 0 Å². The van der Waals surface area contributed by atoms with Gasteiger partial charge in [-0.25, -0.2) is 0 Å². The van der Waals surface area contributed by atoms with Crippen molar-refractivity contribution in [1.82, 2.24) is 4.90 Å². The third kappa shape index (κ3) is 6.44. The molecule has 6 heteroatoms. The van der Waals surface area contributed by atoms with Crippen molar-refractivity contribution in [3.05, 3.63) is 58.7 Å². The van der Waals surface area contributed by atoms with Crippen molar-refractivity contribution in [1.29, 1.82) is 5.26 Å². The molecule has 0 saturated carbocycles. The number of amides is 2. The largest absolute Gasteiger partial charge is 0.324 e. The second-order valence-electron chi connectivity index (χ2n) is 7.25. The minimum Gasteiger partial charge on any atom is -0.324 e. The smallest absolute Gasteiger partial charge is 0.238 e. The van der Waals surface area contributed by atoms with E-state index in [1.54, 1.807) is 4.90 Å². The highest BCUT2D eigenvalue weighted by Crippen LogP contribution is 2.20. The number of hydrogen-bond acceptors (Lipinski definition) is 4. The molecule has 2 rings (SSSR count). The predicted molar refractivity (Wildman–Crippen MR) is 116 cm³/mol. The maximum atomic E-state index is 12.6. The zero-order chi connectivity index (χ0) is 21.4. The van der Waals surface area contributed by atoms with Crippen molar-refractivity contribution >= 4 is 23.2 Å². The van der Waals surface area contributed by atoms with E-state index >= 15 is 0 Å². The van der Waals surface area contributed by atoms with Crippen molar-refractivity contribution in [2.24, 2.45) is 0 Å². The Bertz CT molecular complexity index is 823. The summed E-state index contributed by atoms with van der Waals surface area (Å²) in [5.41, 5.74) is 5.50. The molecule has 0 aliphatic carbocycles. The van der Waals surface area contributed by atoms with E-state index in [2.05, 4.69) is 16.7 Å². The van der Waals surface area contributed by atoms with Crippen LogP contribution in [0.15, 0.2) is 36.4 Å². The van der Waals surface area contributed by atoms with Gasteiger partial charge in [0, 0.05) is 24.3 Å². The Balaban J connectivity index is 2.04. The Morgan fingerprint density at radius 1 is 0.828 bits per heavy atom. The highest BCUT2D eigenvalue weighted by atomic mass is 16.2. The summed E-state index contributed by atoms with van der Waals surface area (Å²) in [6.07, 6.45) is 0.243. The van der Waals surface area contributed by atoms with Crippen LogP contribution in [0.2, 0.25) is 0 Å². The van der Waals surface area contributed by atoms with E-state index in [1.807, 2.05) is 64.1 Å². The predicted octanol–water partition coefficient (Wildman–Crippen LogP) is 3.71. The number of benzene rings is 2. The van der Waals surface area contributed by atoms with E-state index in [-0.39, 0.29) is 31.3 Å². The van der Waals surface area contributed by atoms with Crippen molar-refractivity contribution in [3.63, 3.8) is 0 Å². The van der Waals surface area contributed by atoms with Crippen LogP contribution in [0.3, 0.4) is 0 Å². The summed E-state index contributed by atoms with van der Waals surface area (Å²) < 4.78 is 0. The molecule has 0 spiro atoms. The van der Waals surface area contributed by atoms with Gasteiger partial charge in [0.1, 0.15) is 0 Å². The molecule has 0 aromatic heterocycles. The number of carbonyl (C=O) groups excluding carboxylic acids is 2. The van der Waals surface area contributed by atoms with Gasteiger partial charge in [0.05, 0.1) is 19.2 Å². The Hall–Kier alpha value is -3.17. The first-order chi connectivity index (χ1) is 13.8. The lowest BCUT2D eigenvalue weighted by atomic mass is 10.1. The number of nitrogens with one attached hydrogen (secondary N) is 2. The van der Waals surface area contributed by atoms with Gasteiger partial charge in [0.2, 0.25) is 11.8 Å². The summed E-state index contributed by atoms with van der Waals surface area (Å²) in [7, 11) is 0. The summed E-state index contributed by atoms with van der Waals surface area (Å²) in [6, 6.07) is 13.7. The molecular formula is C23H28N4O2. The molecule has 2 aromatic carbocycles. The Morgan fingerprint density at radius 3 is 1.55 bits per heavy atom. The van der Waals surface area contributed by atoms with Crippen LogP contribution < -0.4 is 10.6 Å². The number of carbonyl (C=O) groups is 2. The van der Waals surface area contributed by atoms with E-state index in [0.717, 1.165) is 33.6 Å². The van der Waals surface area contributed by atoms with Crippen molar-refractivity contribution < 1.29 is 9.59 Å². The number of nitrogens with zero attached hydrogens (tertiary/aromatic N) is 2. The van der Waals surface area contributed by atoms with E-state index in [0.29, 0.717) is 6.54 Å². The quantitative estimate of drug-likeness (QED) is 0.717. The molecule has 0 atom stereocenters. The Morgan fingerprint density at radius 2 is 1.21 bits per heavy atom. The van der Waals surface area contributed by atoms with Crippen molar-refractivity contribution in [2.75, 3.05) is 30.3 Å². The van der Waals surface area contributed by atoms with Gasteiger partial charge in [-0.3, -0.25) is 14.5 Å². The number of hydrogen-bond donors (Lipinski definition) is 2. The molecule has 2 N–H and O–H groups in total. The maximum Gasteiger partial charge on any atom is 0.238 e.